The second-order valence-electron chi connectivity index (χ2n) is 11.3. The van der Waals surface area contributed by atoms with Crippen LogP contribution in [0.15, 0.2) is 54.6 Å². The Morgan fingerprint density at radius 2 is 1.94 bits per heavy atom. The Labute approximate surface area is 212 Å². The first-order valence-corrected chi connectivity index (χ1v) is 13.8. The average molecular weight is 480 g/mol. The molecule has 0 spiro atoms. The number of nitrogens with zero attached hydrogens (tertiary/aromatic N) is 2. The van der Waals surface area contributed by atoms with E-state index in [0.29, 0.717) is 42.2 Å². The zero-order valence-corrected chi connectivity index (χ0v) is 21.9. The number of carbonyl (C=O) groups excluding carboxylic acids is 1. The predicted octanol–water partition coefficient (Wildman–Crippen LogP) is 4.56. The van der Waals surface area contributed by atoms with Gasteiger partial charge in [-0.2, -0.15) is 0 Å². The molecule has 2 aliphatic heterocycles. The van der Waals surface area contributed by atoms with Crippen molar-refractivity contribution in [1.82, 2.24) is 15.1 Å². The molecule has 3 aliphatic rings. The molecule has 5 unspecified atom stereocenters. The highest BCUT2D eigenvalue weighted by atomic mass is 16.3. The van der Waals surface area contributed by atoms with E-state index in [9.17, 15) is 9.90 Å². The van der Waals surface area contributed by atoms with Crippen molar-refractivity contribution in [1.29, 1.82) is 0 Å². The first-order valence-electron chi connectivity index (χ1n) is 13.8. The standard InChI is InChI=1S/C30H45N3O2/c1-22(2)28-21-32(30(25-10-6-4-7-11-25)26-12-8-5-9-13-26)16-17-33(28)29(35)20-24-14-15-31-27(19-24)18-23(3)34/h4-12,22-24,26-28,30-31,34H,13-21H2,1-3H3/t23-,24?,26?,27?,28?,30?/m1/s1. The lowest BCUT2D eigenvalue weighted by Crippen LogP contribution is -2.58. The summed E-state index contributed by atoms with van der Waals surface area (Å²) in [4.78, 5) is 18.4. The van der Waals surface area contributed by atoms with Crippen LogP contribution in [0.3, 0.4) is 0 Å². The van der Waals surface area contributed by atoms with E-state index in [1.807, 2.05) is 6.92 Å². The summed E-state index contributed by atoms with van der Waals surface area (Å²) in [6.45, 7) is 9.97. The van der Waals surface area contributed by atoms with Crippen molar-refractivity contribution >= 4 is 5.91 Å². The fraction of sp³-hybridized carbons (Fsp3) is 0.633. The fourth-order valence-electron chi connectivity index (χ4n) is 6.41. The van der Waals surface area contributed by atoms with Gasteiger partial charge in [0.15, 0.2) is 0 Å². The predicted molar refractivity (Wildman–Crippen MR) is 143 cm³/mol. The van der Waals surface area contributed by atoms with E-state index in [1.54, 1.807) is 0 Å². The number of piperidine rings is 1. The van der Waals surface area contributed by atoms with Gasteiger partial charge in [0, 0.05) is 50.1 Å². The zero-order valence-electron chi connectivity index (χ0n) is 21.9. The third-order valence-electron chi connectivity index (χ3n) is 8.19. The number of aliphatic hydroxyl groups excluding tert-OH is 1. The lowest BCUT2D eigenvalue weighted by molar-refractivity contribution is -0.139. The molecular formula is C30H45N3O2. The molecule has 1 aromatic rings. The zero-order chi connectivity index (χ0) is 24.8. The summed E-state index contributed by atoms with van der Waals surface area (Å²) in [5.41, 5.74) is 1.37. The van der Waals surface area contributed by atoms with Crippen LogP contribution in [-0.2, 0) is 4.79 Å². The second kappa shape index (κ2) is 12.3. The minimum Gasteiger partial charge on any atom is -0.393 e. The minimum absolute atomic E-state index is 0.237. The normalized spacial score (nSPS) is 29.3. The number of nitrogens with one attached hydrogen (secondary N) is 1. The lowest BCUT2D eigenvalue weighted by atomic mass is 9.85. The highest BCUT2D eigenvalue weighted by molar-refractivity contribution is 5.77. The van der Waals surface area contributed by atoms with E-state index in [1.165, 1.54) is 5.56 Å². The van der Waals surface area contributed by atoms with E-state index < -0.39 is 0 Å². The summed E-state index contributed by atoms with van der Waals surface area (Å²) >= 11 is 0. The lowest BCUT2D eigenvalue weighted by Gasteiger charge is -2.48. The molecule has 0 radical (unpaired) electrons. The second-order valence-corrected chi connectivity index (χ2v) is 11.3. The summed E-state index contributed by atoms with van der Waals surface area (Å²) in [7, 11) is 0. The monoisotopic (exact) mass is 479 g/mol. The Kier molecular flexibility index (Phi) is 9.21. The van der Waals surface area contributed by atoms with Gasteiger partial charge in [0.25, 0.3) is 0 Å². The molecule has 0 aromatic heterocycles. The van der Waals surface area contributed by atoms with Gasteiger partial charge in [-0.1, -0.05) is 68.5 Å². The van der Waals surface area contributed by atoms with Gasteiger partial charge in [-0.3, -0.25) is 9.69 Å². The van der Waals surface area contributed by atoms with E-state index >= 15 is 0 Å². The fourth-order valence-corrected chi connectivity index (χ4v) is 6.41. The number of allylic oxidation sites excluding steroid dienone is 3. The molecular weight excluding hydrogens is 434 g/mol. The van der Waals surface area contributed by atoms with Crippen molar-refractivity contribution < 1.29 is 9.90 Å². The maximum Gasteiger partial charge on any atom is 0.223 e. The van der Waals surface area contributed by atoms with E-state index in [0.717, 1.165) is 51.9 Å². The number of amides is 1. The summed E-state index contributed by atoms with van der Waals surface area (Å²) in [6.07, 6.45) is 13.2. The van der Waals surface area contributed by atoms with Gasteiger partial charge < -0.3 is 15.3 Å². The highest BCUT2D eigenvalue weighted by Crippen LogP contribution is 2.36. The molecule has 2 saturated heterocycles. The highest BCUT2D eigenvalue weighted by Gasteiger charge is 2.38. The van der Waals surface area contributed by atoms with Gasteiger partial charge in [-0.25, -0.2) is 0 Å². The molecule has 2 fully saturated rings. The summed E-state index contributed by atoms with van der Waals surface area (Å²) in [6, 6.07) is 11.8. The largest absolute Gasteiger partial charge is 0.393 e. The number of hydrogen-bond acceptors (Lipinski definition) is 4. The Morgan fingerprint density at radius 3 is 2.63 bits per heavy atom. The van der Waals surface area contributed by atoms with Crippen LogP contribution in [0.2, 0.25) is 0 Å². The van der Waals surface area contributed by atoms with Crippen LogP contribution in [-0.4, -0.2) is 65.2 Å². The summed E-state index contributed by atoms with van der Waals surface area (Å²) < 4.78 is 0. The third-order valence-corrected chi connectivity index (χ3v) is 8.19. The van der Waals surface area contributed by atoms with Gasteiger partial charge in [0.05, 0.1) is 6.10 Å². The molecule has 5 heteroatoms. The Morgan fingerprint density at radius 1 is 1.14 bits per heavy atom. The number of hydrogen-bond donors (Lipinski definition) is 2. The SMILES string of the molecule is CC(C)C1CN(C(c2ccccc2)C2C=CC=CC2)CCN1C(=O)CC1CCNC(C[C@@H](C)O)C1. The first kappa shape index (κ1) is 26.1. The summed E-state index contributed by atoms with van der Waals surface area (Å²) in [5.74, 6) is 1.60. The molecule has 2 heterocycles. The van der Waals surface area contributed by atoms with Crippen LogP contribution in [0.5, 0.6) is 0 Å². The molecule has 2 N–H and O–H groups in total. The molecule has 0 saturated carbocycles. The Balaban J connectivity index is 1.44. The van der Waals surface area contributed by atoms with Crippen LogP contribution in [0, 0.1) is 17.8 Å². The third kappa shape index (κ3) is 6.84. The summed E-state index contributed by atoms with van der Waals surface area (Å²) in [5, 5.41) is 13.3. The van der Waals surface area contributed by atoms with Crippen LogP contribution >= 0.6 is 0 Å². The minimum atomic E-state index is -0.299. The molecule has 4 rings (SSSR count). The molecule has 0 bridgehead atoms. The van der Waals surface area contributed by atoms with Gasteiger partial charge in [-0.05, 0) is 56.6 Å². The van der Waals surface area contributed by atoms with Gasteiger partial charge in [-0.15, -0.1) is 0 Å². The Bertz CT molecular complexity index is 866. The van der Waals surface area contributed by atoms with E-state index in [4.69, 9.17) is 0 Å². The number of carbonyl (C=O) groups is 1. The molecule has 35 heavy (non-hydrogen) atoms. The Hall–Kier alpha value is -1.95. The molecule has 1 aliphatic carbocycles. The van der Waals surface area contributed by atoms with Crippen LogP contribution in [0.25, 0.3) is 0 Å². The van der Waals surface area contributed by atoms with Crippen molar-refractivity contribution in [2.45, 2.75) is 77.1 Å². The van der Waals surface area contributed by atoms with Crippen molar-refractivity contribution in [3.05, 3.63) is 60.2 Å². The van der Waals surface area contributed by atoms with Crippen molar-refractivity contribution in [3.8, 4) is 0 Å². The molecule has 192 valence electrons. The maximum atomic E-state index is 13.6. The van der Waals surface area contributed by atoms with Gasteiger partial charge >= 0.3 is 0 Å². The van der Waals surface area contributed by atoms with Crippen LogP contribution in [0.1, 0.15) is 64.5 Å². The average Bonchev–Trinajstić information content (AvgIpc) is 2.85. The van der Waals surface area contributed by atoms with Gasteiger partial charge in [0.1, 0.15) is 0 Å². The number of piperazine rings is 1. The molecule has 1 amide bonds. The quantitative estimate of drug-likeness (QED) is 0.574. The first-order chi connectivity index (χ1) is 16.9. The number of aliphatic hydroxyl groups is 1. The topological polar surface area (TPSA) is 55.8 Å². The van der Waals surface area contributed by atoms with E-state index in [-0.39, 0.29) is 12.1 Å². The van der Waals surface area contributed by atoms with Crippen molar-refractivity contribution in [2.24, 2.45) is 17.8 Å². The molecule has 5 nitrogen and oxygen atoms in total. The van der Waals surface area contributed by atoms with Crippen LogP contribution in [0.4, 0.5) is 0 Å². The van der Waals surface area contributed by atoms with Crippen molar-refractivity contribution in [2.75, 3.05) is 26.2 Å². The van der Waals surface area contributed by atoms with E-state index in [2.05, 4.69) is 83.6 Å². The van der Waals surface area contributed by atoms with Crippen molar-refractivity contribution in [3.63, 3.8) is 0 Å². The molecule has 6 atom stereocenters. The van der Waals surface area contributed by atoms with Gasteiger partial charge in [0.2, 0.25) is 5.91 Å². The van der Waals surface area contributed by atoms with Crippen LogP contribution < -0.4 is 5.32 Å². The molecule has 1 aromatic carbocycles. The number of rotatable bonds is 8. The number of benzene rings is 1. The smallest absolute Gasteiger partial charge is 0.223 e. The maximum absolute atomic E-state index is 13.6.